The third kappa shape index (κ3) is 3.42. The lowest BCUT2D eigenvalue weighted by Crippen LogP contribution is -2.11. The molecule has 106 valence electrons. The van der Waals surface area contributed by atoms with Crippen molar-refractivity contribution in [3.8, 4) is 0 Å². The second-order valence-corrected chi connectivity index (χ2v) is 6.19. The lowest BCUT2D eigenvalue weighted by Gasteiger charge is -2.14. The molecule has 0 saturated heterocycles. The highest BCUT2D eigenvalue weighted by Gasteiger charge is 2.10. The Morgan fingerprint density at radius 1 is 0.950 bits per heavy atom. The van der Waals surface area contributed by atoms with Crippen molar-refractivity contribution in [2.24, 2.45) is 0 Å². The quantitative estimate of drug-likeness (QED) is 0.472. The molecule has 0 aliphatic heterocycles. The van der Waals surface area contributed by atoms with Gasteiger partial charge in [0.05, 0.1) is 20.9 Å². The van der Waals surface area contributed by atoms with Crippen LogP contribution in [-0.4, -0.2) is 0 Å². The van der Waals surface area contributed by atoms with E-state index in [4.69, 9.17) is 11.6 Å². The molecule has 20 heavy (non-hydrogen) atoms. The molecule has 0 heterocycles. The molecule has 2 rings (SSSR count). The number of nitrogens with one attached hydrogen (secondary N) is 2. The van der Waals surface area contributed by atoms with Gasteiger partial charge in [0.25, 0.3) is 0 Å². The number of rotatable bonds is 3. The Morgan fingerprint density at radius 2 is 1.60 bits per heavy atom. The molecule has 0 fully saturated rings. The van der Waals surface area contributed by atoms with Crippen LogP contribution in [0.25, 0.3) is 0 Å². The van der Waals surface area contributed by atoms with E-state index in [1.165, 1.54) is 0 Å². The predicted molar refractivity (Wildman–Crippen MR) is 85.2 cm³/mol. The fourth-order valence-electron chi connectivity index (χ4n) is 1.60. The largest absolute Gasteiger partial charge is 0.299 e. The van der Waals surface area contributed by atoms with Crippen molar-refractivity contribution >= 4 is 54.8 Å². The number of hydrogen-bond donors (Lipinski definition) is 2. The summed E-state index contributed by atoms with van der Waals surface area (Å²) in [6.07, 6.45) is 0. The number of benzene rings is 2. The summed E-state index contributed by atoms with van der Waals surface area (Å²) in [6, 6.07) is 5.74. The summed E-state index contributed by atoms with van der Waals surface area (Å²) >= 11 is 12.4. The summed E-state index contributed by atoms with van der Waals surface area (Å²) in [7, 11) is 0. The van der Waals surface area contributed by atoms with Gasteiger partial charge in [0.1, 0.15) is 5.82 Å². The van der Waals surface area contributed by atoms with Crippen molar-refractivity contribution in [3.05, 3.63) is 55.4 Å². The second kappa shape index (κ2) is 6.28. The van der Waals surface area contributed by atoms with Gasteiger partial charge in [-0.25, -0.2) is 8.78 Å². The molecule has 2 aromatic carbocycles. The van der Waals surface area contributed by atoms with E-state index in [9.17, 15) is 8.78 Å². The van der Waals surface area contributed by atoms with E-state index >= 15 is 0 Å². The molecular formula is C13H9Br2ClF2N2. The van der Waals surface area contributed by atoms with Crippen molar-refractivity contribution in [2.45, 2.75) is 6.92 Å². The average molecular weight is 426 g/mol. The van der Waals surface area contributed by atoms with Crippen LogP contribution in [0, 0.1) is 18.6 Å². The fourth-order valence-corrected chi connectivity index (χ4v) is 2.76. The molecule has 0 amide bonds. The summed E-state index contributed by atoms with van der Waals surface area (Å²) < 4.78 is 27.8. The van der Waals surface area contributed by atoms with Gasteiger partial charge in [-0.05, 0) is 62.5 Å². The van der Waals surface area contributed by atoms with Crippen LogP contribution in [0.1, 0.15) is 5.56 Å². The Kier molecular flexibility index (Phi) is 4.88. The van der Waals surface area contributed by atoms with Gasteiger partial charge in [-0.3, -0.25) is 10.9 Å². The van der Waals surface area contributed by atoms with E-state index in [-0.39, 0.29) is 10.2 Å². The maximum Gasteiger partial charge on any atom is 0.162 e. The first kappa shape index (κ1) is 15.5. The molecule has 0 aliphatic rings. The van der Waals surface area contributed by atoms with Crippen LogP contribution in [-0.2, 0) is 0 Å². The van der Waals surface area contributed by atoms with Crippen molar-refractivity contribution in [1.29, 1.82) is 0 Å². The Balaban J connectivity index is 2.26. The van der Waals surface area contributed by atoms with Crippen LogP contribution in [0.4, 0.5) is 20.2 Å². The van der Waals surface area contributed by atoms with Crippen LogP contribution in [0.2, 0.25) is 5.02 Å². The van der Waals surface area contributed by atoms with Crippen LogP contribution in [0.3, 0.4) is 0 Å². The zero-order valence-electron chi connectivity index (χ0n) is 10.2. The van der Waals surface area contributed by atoms with Crippen molar-refractivity contribution in [2.75, 3.05) is 10.9 Å². The minimum atomic E-state index is -0.596. The Labute approximate surface area is 136 Å². The molecule has 0 bridgehead atoms. The first-order valence-electron chi connectivity index (χ1n) is 5.50. The molecule has 0 unspecified atom stereocenters. The second-order valence-electron chi connectivity index (χ2n) is 4.11. The number of aryl methyl sites for hydroxylation is 1. The van der Waals surface area contributed by atoms with Gasteiger partial charge < -0.3 is 0 Å². The maximum atomic E-state index is 13.8. The zero-order valence-corrected chi connectivity index (χ0v) is 14.1. The topological polar surface area (TPSA) is 24.1 Å². The van der Waals surface area contributed by atoms with E-state index in [2.05, 4.69) is 42.7 Å². The average Bonchev–Trinajstić information content (AvgIpc) is 2.37. The summed E-state index contributed by atoms with van der Waals surface area (Å²) in [5.74, 6) is -1.15. The lowest BCUT2D eigenvalue weighted by atomic mass is 10.2. The number of hydrazine groups is 1. The van der Waals surface area contributed by atoms with E-state index in [1.807, 2.05) is 13.0 Å². The maximum absolute atomic E-state index is 13.8. The first-order chi connectivity index (χ1) is 9.38. The highest BCUT2D eigenvalue weighted by molar-refractivity contribution is 9.10. The Bertz CT molecular complexity index is 608. The van der Waals surface area contributed by atoms with Crippen LogP contribution in [0.15, 0.2) is 33.2 Å². The molecule has 0 saturated carbocycles. The van der Waals surface area contributed by atoms with Gasteiger partial charge in [0.15, 0.2) is 5.82 Å². The van der Waals surface area contributed by atoms with Crippen molar-refractivity contribution in [3.63, 3.8) is 0 Å². The summed E-state index contributed by atoms with van der Waals surface area (Å²) in [5, 5.41) is 0.443. The molecule has 2 nitrogen and oxygen atoms in total. The van der Waals surface area contributed by atoms with Gasteiger partial charge >= 0.3 is 0 Å². The Hall–Kier alpha value is -0.850. The van der Waals surface area contributed by atoms with Gasteiger partial charge in [-0.1, -0.05) is 11.6 Å². The summed E-state index contributed by atoms with van der Waals surface area (Å²) in [6.45, 7) is 1.89. The molecule has 2 aromatic rings. The van der Waals surface area contributed by atoms with Gasteiger partial charge in [-0.15, -0.1) is 0 Å². The molecule has 0 aliphatic carbocycles. The van der Waals surface area contributed by atoms with E-state index in [1.54, 1.807) is 6.07 Å². The first-order valence-corrected chi connectivity index (χ1v) is 7.47. The molecular weight excluding hydrogens is 417 g/mol. The SMILES string of the molecule is Cc1cc(Br)c(Cl)c(NNc2cc(F)cc(Br)c2F)c1. The van der Waals surface area contributed by atoms with Crippen molar-refractivity contribution in [1.82, 2.24) is 0 Å². The highest BCUT2D eigenvalue weighted by atomic mass is 79.9. The van der Waals surface area contributed by atoms with Gasteiger partial charge in [0.2, 0.25) is 0 Å². The molecule has 0 radical (unpaired) electrons. The third-order valence-electron chi connectivity index (χ3n) is 2.50. The van der Waals surface area contributed by atoms with Gasteiger partial charge in [0, 0.05) is 10.5 Å². The zero-order chi connectivity index (χ0) is 14.9. The summed E-state index contributed by atoms with van der Waals surface area (Å²) in [5.41, 5.74) is 6.87. The summed E-state index contributed by atoms with van der Waals surface area (Å²) in [4.78, 5) is 0. The predicted octanol–water partition coefficient (Wildman–Crippen LogP) is 5.89. The minimum absolute atomic E-state index is 0.0226. The third-order valence-corrected chi connectivity index (χ3v) is 4.34. The molecule has 0 spiro atoms. The monoisotopic (exact) mass is 424 g/mol. The normalized spacial score (nSPS) is 10.5. The minimum Gasteiger partial charge on any atom is -0.299 e. The van der Waals surface area contributed by atoms with E-state index in [0.29, 0.717) is 15.2 Å². The van der Waals surface area contributed by atoms with Gasteiger partial charge in [-0.2, -0.15) is 0 Å². The highest BCUT2D eigenvalue weighted by Crippen LogP contribution is 2.32. The van der Waals surface area contributed by atoms with Crippen LogP contribution < -0.4 is 10.9 Å². The van der Waals surface area contributed by atoms with Crippen LogP contribution >= 0.6 is 43.5 Å². The lowest BCUT2D eigenvalue weighted by molar-refractivity contribution is 0.597. The smallest absolute Gasteiger partial charge is 0.162 e. The Morgan fingerprint density at radius 3 is 2.30 bits per heavy atom. The van der Waals surface area contributed by atoms with E-state index < -0.39 is 11.6 Å². The molecule has 0 atom stereocenters. The van der Waals surface area contributed by atoms with Crippen molar-refractivity contribution < 1.29 is 8.78 Å². The van der Waals surface area contributed by atoms with Crippen LogP contribution in [0.5, 0.6) is 0 Å². The molecule has 2 N–H and O–H groups in total. The number of anilines is 2. The molecule has 7 heteroatoms. The molecule has 0 aromatic heterocycles. The number of hydrogen-bond acceptors (Lipinski definition) is 2. The fraction of sp³-hybridized carbons (Fsp3) is 0.0769. The number of halogens is 5. The van der Waals surface area contributed by atoms with E-state index in [0.717, 1.165) is 17.7 Å². The standard InChI is InChI=1S/C13H9Br2ClF2N2/c1-6-2-8(14)12(16)10(3-6)19-20-11-5-7(17)4-9(15)13(11)18/h2-5,19-20H,1H3.